The van der Waals surface area contributed by atoms with Crippen LogP contribution in [0.2, 0.25) is 0 Å². The molecule has 3 aromatic rings. The second-order valence-corrected chi connectivity index (χ2v) is 10.3. The third-order valence-corrected chi connectivity index (χ3v) is 8.45. The van der Waals surface area contributed by atoms with Gasteiger partial charge in [0.1, 0.15) is 0 Å². The zero-order valence-electron chi connectivity index (χ0n) is 17.6. The van der Waals surface area contributed by atoms with Crippen molar-refractivity contribution in [2.45, 2.75) is 37.4 Å². The van der Waals surface area contributed by atoms with Crippen LogP contribution in [0.4, 0.5) is 5.69 Å². The molecule has 3 rings (SSSR count). The van der Waals surface area contributed by atoms with Crippen molar-refractivity contribution in [3.8, 4) is 10.7 Å². The number of aromatic nitrogens is 3. The fourth-order valence-electron chi connectivity index (χ4n) is 3.04. The number of nitrogens with one attached hydrogen (secondary N) is 1. The Morgan fingerprint density at radius 3 is 2.58 bits per heavy atom. The zero-order chi connectivity index (χ0) is 22.4. The van der Waals surface area contributed by atoms with Gasteiger partial charge in [-0.1, -0.05) is 37.7 Å². The van der Waals surface area contributed by atoms with Gasteiger partial charge in [-0.05, 0) is 36.6 Å². The van der Waals surface area contributed by atoms with Crippen LogP contribution in [0, 0.1) is 0 Å². The van der Waals surface area contributed by atoms with E-state index in [-0.39, 0.29) is 16.6 Å². The van der Waals surface area contributed by atoms with Gasteiger partial charge in [0, 0.05) is 25.3 Å². The first-order valence-corrected chi connectivity index (χ1v) is 13.2. The summed E-state index contributed by atoms with van der Waals surface area (Å²) in [5.74, 6) is 0.677. The first-order valence-electron chi connectivity index (χ1n) is 9.90. The lowest BCUT2D eigenvalue weighted by Gasteiger charge is -2.18. The SMILES string of the molecule is CCN(CC)S(=O)(=O)c1cccc(NC(=O)CSc2nnc(-c3cccs3)n2CC)c1. The molecular weight excluding hydrogens is 454 g/mol. The van der Waals surface area contributed by atoms with Crippen LogP contribution < -0.4 is 5.32 Å². The molecule has 0 unspecified atom stereocenters. The molecular formula is C20H25N5O3S3. The molecule has 8 nitrogen and oxygen atoms in total. The van der Waals surface area contributed by atoms with Crippen LogP contribution >= 0.6 is 23.1 Å². The Hall–Kier alpha value is -2.21. The quantitative estimate of drug-likeness (QED) is 0.445. The molecule has 2 heterocycles. The predicted octanol–water partition coefficient (Wildman–Crippen LogP) is 3.79. The maximum atomic E-state index is 12.7. The number of sulfonamides is 1. The highest BCUT2D eigenvalue weighted by molar-refractivity contribution is 7.99. The Morgan fingerprint density at radius 2 is 1.94 bits per heavy atom. The summed E-state index contributed by atoms with van der Waals surface area (Å²) < 4.78 is 28.8. The molecule has 0 aliphatic rings. The molecule has 1 aromatic carbocycles. The third-order valence-electron chi connectivity index (χ3n) is 4.57. The number of carbonyl (C=O) groups is 1. The number of hydrogen-bond donors (Lipinski definition) is 1. The molecule has 11 heteroatoms. The minimum atomic E-state index is -3.59. The molecule has 0 aliphatic carbocycles. The smallest absolute Gasteiger partial charge is 0.243 e. The first-order chi connectivity index (χ1) is 14.9. The van der Waals surface area contributed by atoms with Crippen molar-refractivity contribution in [3.05, 3.63) is 41.8 Å². The number of rotatable bonds is 10. The van der Waals surface area contributed by atoms with Crippen LogP contribution in [0.5, 0.6) is 0 Å². The Labute approximate surface area is 190 Å². The van der Waals surface area contributed by atoms with Crippen LogP contribution in [-0.2, 0) is 21.4 Å². The van der Waals surface area contributed by atoms with Crippen molar-refractivity contribution in [2.24, 2.45) is 0 Å². The number of benzene rings is 1. The van der Waals surface area contributed by atoms with Gasteiger partial charge in [-0.15, -0.1) is 21.5 Å². The number of hydrogen-bond acceptors (Lipinski definition) is 7. The van der Waals surface area contributed by atoms with Crippen molar-refractivity contribution in [3.63, 3.8) is 0 Å². The lowest BCUT2D eigenvalue weighted by atomic mass is 10.3. The topological polar surface area (TPSA) is 97.2 Å². The minimum Gasteiger partial charge on any atom is -0.325 e. The summed E-state index contributed by atoms with van der Waals surface area (Å²) in [6.45, 7) is 7.06. The van der Waals surface area contributed by atoms with E-state index in [0.29, 0.717) is 30.5 Å². The highest BCUT2D eigenvalue weighted by Gasteiger charge is 2.22. The van der Waals surface area contributed by atoms with E-state index in [0.717, 1.165) is 10.7 Å². The molecule has 0 radical (unpaired) electrons. The van der Waals surface area contributed by atoms with Crippen LogP contribution in [0.1, 0.15) is 20.8 Å². The summed E-state index contributed by atoms with van der Waals surface area (Å²) in [5.41, 5.74) is 0.440. The molecule has 0 fully saturated rings. The molecule has 2 aromatic heterocycles. The van der Waals surface area contributed by atoms with Crippen molar-refractivity contribution in [1.29, 1.82) is 0 Å². The van der Waals surface area contributed by atoms with Crippen LogP contribution in [0.3, 0.4) is 0 Å². The molecule has 1 N–H and O–H groups in total. The van der Waals surface area contributed by atoms with E-state index in [1.165, 1.54) is 28.2 Å². The maximum Gasteiger partial charge on any atom is 0.243 e. The number of carbonyl (C=O) groups excluding carboxylic acids is 1. The number of thiophene rings is 1. The van der Waals surface area contributed by atoms with Gasteiger partial charge in [-0.2, -0.15) is 4.31 Å². The summed E-state index contributed by atoms with van der Waals surface area (Å²) in [6.07, 6.45) is 0. The summed E-state index contributed by atoms with van der Waals surface area (Å²) in [4.78, 5) is 13.7. The number of nitrogens with zero attached hydrogens (tertiary/aromatic N) is 4. The van der Waals surface area contributed by atoms with Crippen molar-refractivity contribution >= 4 is 44.7 Å². The van der Waals surface area contributed by atoms with E-state index < -0.39 is 10.0 Å². The van der Waals surface area contributed by atoms with Gasteiger partial charge in [0.2, 0.25) is 15.9 Å². The maximum absolute atomic E-state index is 12.7. The average Bonchev–Trinajstić information content (AvgIpc) is 3.42. The molecule has 31 heavy (non-hydrogen) atoms. The summed E-state index contributed by atoms with van der Waals surface area (Å²) in [5, 5.41) is 13.9. The Balaban J connectivity index is 1.67. The molecule has 0 spiro atoms. The van der Waals surface area contributed by atoms with Crippen LogP contribution in [0.25, 0.3) is 10.7 Å². The summed E-state index contributed by atoms with van der Waals surface area (Å²) in [7, 11) is -3.59. The fourth-order valence-corrected chi connectivity index (χ4v) is 6.07. The predicted molar refractivity (Wildman–Crippen MR) is 125 cm³/mol. The van der Waals surface area contributed by atoms with Gasteiger partial charge in [-0.25, -0.2) is 8.42 Å². The number of thioether (sulfide) groups is 1. The van der Waals surface area contributed by atoms with Crippen LogP contribution in [-0.4, -0.2) is 52.2 Å². The number of anilines is 1. The monoisotopic (exact) mass is 479 g/mol. The van der Waals surface area contributed by atoms with Crippen molar-refractivity contribution in [1.82, 2.24) is 19.1 Å². The Bertz CT molecular complexity index is 1120. The molecule has 1 amide bonds. The van der Waals surface area contributed by atoms with Gasteiger partial charge in [-0.3, -0.25) is 4.79 Å². The standard InChI is InChI=1S/C20H25N5O3S3/c1-4-24(5-2)31(27,28)16-10-7-9-15(13-16)21-18(26)14-30-20-23-22-19(25(20)6-3)17-11-8-12-29-17/h7-13H,4-6,14H2,1-3H3,(H,21,26). The molecule has 0 saturated heterocycles. The van der Waals surface area contributed by atoms with E-state index in [1.54, 1.807) is 37.3 Å². The lowest BCUT2D eigenvalue weighted by Crippen LogP contribution is -2.30. The summed E-state index contributed by atoms with van der Waals surface area (Å²) in [6, 6.07) is 10.3. The lowest BCUT2D eigenvalue weighted by molar-refractivity contribution is -0.113. The minimum absolute atomic E-state index is 0.135. The van der Waals surface area contributed by atoms with Gasteiger partial charge in [0.25, 0.3) is 0 Å². The highest BCUT2D eigenvalue weighted by atomic mass is 32.2. The molecule has 0 atom stereocenters. The second kappa shape index (κ2) is 10.4. The molecule has 0 aliphatic heterocycles. The Morgan fingerprint density at radius 1 is 1.16 bits per heavy atom. The van der Waals surface area contributed by atoms with Crippen LogP contribution in [0.15, 0.2) is 51.8 Å². The van der Waals surface area contributed by atoms with Crippen molar-refractivity contribution < 1.29 is 13.2 Å². The largest absolute Gasteiger partial charge is 0.325 e. The van der Waals surface area contributed by atoms with E-state index in [1.807, 2.05) is 29.0 Å². The van der Waals surface area contributed by atoms with Gasteiger partial charge in [0.05, 0.1) is 15.5 Å². The average molecular weight is 480 g/mol. The van der Waals surface area contributed by atoms with E-state index in [4.69, 9.17) is 0 Å². The molecule has 0 saturated carbocycles. The van der Waals surface area contributed by atoms with Crippen molar-refractivity contribution in [2.75, 3.05) is 24.2 Å². The van der Waals surface area contributed by atoms with E-state index >= 15 is 0 Å². The highest BCUT2D eigenvalue weighted by Crippen LogP contribution is 2.27. The third kappa shape index (κ3) is 5.35. The van der Waals surface area contributed by atoms with Gasteiger partial charge >= 0.3 is 0 Å². The fraction of sp³-hybridized carbons (Fsp3) is 0.350. The number of amides is 1. The van der Waals surface area contributed by atoms with E-state index in [2.05, 4.69) is 15.5 Å². The normalized spacial score (nSPS) is 11.7. The zero-order valence-corrected chi connectivity index (χ0v) is 20.1. The molecule has 166 valence electrons. The van der Waals surface area contributed by atoms with Gasteiger partial charge < -0.3 is 9.88 Å². The van der Waals surface area contributed by atoms with E-state index in [9.17, 15) is 13.2 Å². The van der Waals surface area contributed by atoms with Gasteiger partial charge in [0.15, 0.2) is 11.0 Å². The molecule has 0 bridgehead atoms. The summed E-state index contributed by atoms with van der Waals surface area (Å²) >= 11 is 2.88. The first kappa shape index (κ1) is 23.5. The Kier molecular flexibility index (Phi) is 7.87. The second-order valence-electron chi connectivity index (χ2n) is 6.48.